The first kappa shape index (κ1) is 5.74. The van der Waals surface area contributed by atoms with Gasteiger partial charge in [0.05, 0.1) is 18.2 Å². The van der Waals surface area contributed by atoms with Crippen LogP contribution >= 0.6 is 11.6 Å². The topological polar surface area (TPSA) is 26.0 Å². The Morgan fingerprint density at radius 2 is 2.40 bits per heavy atom. The third kappa shape index (κ3) is 0.772. The van der Waals surface area contributed by atoms with E-state index in [9.17, 15) is 0 Å². The molecular weight excluding hydrogens is 150 g/mol. The predicted octanol–water partition coefficient (Wildman–Crippen LogP) is 2.43. The molecule has 0 N–H and O–H groups in total. The molecule has 0 atom stereocenters. The summed E-state index contributed by atoms with van der Waals surface area (Å²) in [6.45, 7) is 0. The zero-order valence-electron chi connectivity index (χ0n) is 5.04. The minimum absolute atomic E-state index is 0.511. The molecule has 0 unspecified atom stereocenters. The van der Waals surface area contributed by atoms with E-state index in [-0.39, 0.29) is 0 Å². The normalized spacial score (nSPS) is 10.5. The maximum absolute atomic E-state index is 5.63. The van der Waals surface area contributed by atoms with Crippen LogP contribution in [-0.4, -0.2) is 4.98 Å². The van der Waals surface area contributed by atoms with E-state index in [1.807, 2.05) is 0 Å². The van der Waals surface area contributed by atoms with Crippen molar-refractivity contribution in [1.29, 1.82) is 0 Å². The Morgan fingerprint density at radius 3 is 3.20 bits per heavy atom. The average Bonchev–Trinajstić information content (AvgIpc) is 2.27. The van der Waals surface area contributed by atoms with Crippen LogP contribution in [0.1, 0.15) is 0 Å². The maximum atomic E-state index is 5.63. The van der Waals surface area contributed by atoms with Crippen LogP contribution in [0.25, 0.3) is 11.3 Å². The molecule has 3 heteroatoms. The van der Waals surface area contributed by atoms with Crippen LogP contribution in [0.15, 0.2) is 29.1 Å². The molecule has 0 aliphatic carbocycles. The molecule has 0 bridgehead atoms. The lowest BCUT2D eigenvalue weighted by Crippen LogP contribution is -1.71. The molecule has 0 fully saturated rings. The lowest BCUT2D eigenvalue weighted by atomic mass is 10.2. The second kappa shape index (κ2) is 1.99. The lowest BCUT2D eigenvalue weighted by molar-refractivity contribution is 0.551. The van der Waals surface area contributed by atoms with Crippen LogP contribution < -0.4 is 0 Å². The number of aromatic nitrogens is 1. The number of hydrogen-bond donors (Lipinski definition) is 0. The van der Waals surface area contributed by atoms with E-state index in [0.29, 0.717) is 5.15 Å². The van der Waals surface area contributed by atoms with Gasteiger partial charge in [-0.1, -0.05) is 11.6 Å². The van der Waals surface area contributed by atoms with Crippen molar-refractivity contribution in [1.82, 2.24) is 4.98 Å². The predicted molar refractivity (Wildman–Crippen MR) is 38.1 cm³/mol. The summed E-state index contributed by atoms with van der Waals surface area (Å²) in [4.78, 5) is 4.02. The summed E-state index contributed by atoms with van der Waals surface area (Å²) in [6, 6.07) is 3.54. The summed E-state index contributed by atoms with van der Waals surface area (Å²) in [5.41, 5.74) is 1.81. The molecule has 0 saturated carbocycles. The van der Waals surface area contributed by atoms with Crippen molar-refractivity contribution in [2.75, 3.05) is 0 Å². The van der Waals surface area contributed by atoms with Gasteiger partial charge < -0.3 is 4.42 Å². The second-order valence-corrected chi connectivity index (χ2v) is 2.36. The minimum Gasteiger partial charge on any atom is -0.472 e. The smallest absolute Gasteiger partial charge is 0.130 e. The molecule has 0 saturated heterocycles. The van der Waals surface area contributed by atoms with Gasteiger partial charge in [-0.2, -0.15) is 0 Å². The third-order valence-electron chi connectivity index (χ3n) is 1.30. The van der Waals surface area contributed by atoms with Gasteiger partial charge in [0, 0.05) is 5.56 Å². The molecule has 2 nitrogen and oxygen atoms in total. The largest absolute Gasteiger partial charge is 0.472 e. The lowest BCUT2D eigenvalue weighted by Gasteiger charge is -1.89. The Hall–Kier alpha value is -1.02. The molecule has 2 rings (SSSR count). The number of nitrogens with zero attached hydrogens (tertiary/aromatic N) is 1. The summed E-state index contributed by atoms with van der Waals surface area (Å²) in [5.74, 6) is 0. The third-order valence-corrected chi connectivity index (χ3v) is 1.49. The van der Waals surface area contributed by atoms with Gasteiger partial charge in [-0.3, -0.25) is 0 Å². The zero-order chi connectivity index (χ0) is 6.97. The molecule has 0 spiro atoms. The van der Waals surface area contributed by atoms with E-state index in [0.717, 1.165) is 11.3 Å². The minimum atomic E-state index is 0.511. The molecule has 0 aromatic heterocycles. The van der Waals surface area contributed by atoms with Crippen molar-refractivity contribution in [3.05, 3.63) is 29.8 Å². The van der Waals surface area contributed by atoms with E-state index < -0.39 is 0 Å². The number of hydrogen-bond acceptors (Lipinski definition) is 2. The molecule has 0 aromatic rings. The monoisotopic (exact) mass is 153 g/mol. The van der Waals surface area contributed by atoms with Crippen LogP contribution in [0.4, 0.5) is 0 Å². The number of halogens is 1. The summed E-state index contributed by atoms with van der Waals surface area (Å²) < 4.78 is 4.91. The molecule has 2 aliphatic heterocycles. The van der Waals surface area contributed by atoms with Crippen LogP contribution in [-0.2, 0) is 0 Å². The molecule has 2 aliphatic rings. The van der Waals surface area contributed by atoms with Crippen molar-refractivity contribution >= 4 is 11.6 Å². The van der Waals surface area contributed by atoms with Crippen molar-refractivity contribution < 1.29 is 4.42 Å². The Bertz CT molecular complexity index is 287. The van der Waals surface area contributed by atoms with Crippen LogP contribution in [0, 0.1) is 0 Å². The molecule has 0 amide bonds. The van der Waals surface area contributed by atoms with Gasteiger partial charge in [-0.25, -0.2) is 4.98 Å². The van der Waals surface area contributed by atoms with E-state index in [2.05, 4.69) is 4.98 Å². The Morgan fingerprint density at radius 1 is 1.50 bits per heavy atom. The van der Waals surface area contributed by atoms with Crippen molar-refractivity contribution in [2.24, 2.45) is 0 Å². The van der Waals surface area contributed by atoms with Gasteiger partial charge >= 0.3 is 0 Å². The van der Waals surface area contributed by atoms with E-state index >= 15 is 0 Å². The molecule has 2 heterocycles. The van der Waals surface area contributed by atoms with Gasteiger partial charge in [-0.15, -0.1) is 0 Å². The molecule has 50 valence electrons. The zero-order valence-corrected chi connectivity index (χ0v) is 5.80. The highest BCUT2D eigenvalue weighted by Crippen LogP contribution is 2.23. The quantitative estimate of drug-likeness (QED) is 0.581. The highest BCUT2D eigenvalue weighted by molar-refractivity contribution is 6.30. The van der Waals surface area contributed by atoms with Gasteiger partial charge in [0.2, 0.25) is 0 Å². The summed E-state index contributed by atoms with van der Waals surface area (Å²) in [5, 5.41) is 0.511. The number of fused-ring (bicyclic) bond motifs is 1. The molecule has 0 radical (unpaired) electrons. The van der Waals surface area contributed by atoms with Crippen molar-refractivity contribution in [3.63, 3.8) is 0 Å². The van der Waals surface area contributed by atoms with Crippen LogP contribution in [0.3, 0.4) is 0 Å². The van der Waals surface area contributed by atoms with Gasteiger partial charge in [-0.05, 0) is 12.1 Å². The van der Waals surface area contributed by atoms with Gasteiger partial charge in [0.25, 0.3) is 0 Å². The fourth-order valence-electron chi connectivity index (χ4n) is 0.858. The van der Waals surface area contributed by atoms with E-state index in [1.165, 1.54) is 0 Å². The first-order valence-electron chi connectivity index (χ1n) is 2.85. The average molecular weight is 154 g/mol. The van der Waals surface area contributed by atoms with Crippen molar-refractivity contribution in [2.45, 2.75) is 0 Å². The summed E-state index contributed by atoms with van der Waals surface area (Å²) in [6.07, 6.45) is 3.19. The summed E-state index contributed by atoms with van der Waals surface area (Å²) in [7, 11) is 0. The Balaban J connectivity index is 2.76. The molecule has 10 heavy (non-hydrogen) atoms. The van der Waals surface area contributed by atoms with E-state index in [1.54, 1.807) is 24.7 Å². The SMILES string of the molecule is Clc1cc2coccc-2n1. The fraction of sp³-hybridized carbons (Fsp3) is 0. The summed E-state index contributed by atoms with van der Waals surface area (Å²) >= 11 is 5.63. The Labute approximate surface area is 62.8 Å². The Kier molecular flexibility index (Phi) is 1.14. The number of rotatable bonds is 0. The van der Waals surface area contributed by atoms with E-state index in [4.69, 9.17) is 16.0 Å². The highest BCUT2D eigenvalue weighted by atomic mass is 35.5. The first-order chi connectivity index (χ1) is 4.86. The maximum Gasteiger partial charge on any atom is 0.130 e. The van der Waals surface area contributed by atoms with Crippen molar-refractivity contribution in [3.8, 4) is 11.3 Å². The molecule has 0 aromatic carbocycles. The fourth-order valence-corrected chi connectivity index (χ4v) is 1.07. The van der Waals surface area contributed by atoms with Gasteiger partial charge in [0.1, 0.15) is 5.15 Å². The highest BCUT2D eigenvalue weighted by Gasteiger charge is 2.05. The molecular formula is C7H4ClNO. The van der Waals surface area contributed by atoms with Gasteiger partial charge in [0.15, 0.2) is 0 Å². The van der Waals surface area contributed by atoms with Crippen LogP contribution in [0.2, 0.25) is 5.15 Å². The van der Waals surface area contributed by atoms with Crippen LogP contribution in [0.5, 0.6) is 0 Å². The second-order valence-electron chi connectivity index (χ2n) is 1.98. The standard InChI is InChI=1S/C7H4ClNO/c8-7-3-5-4-10-2-1-6(5)9-7/h1-4H. The first-order valence-corrected chi connectivity index (χ1v) is 3.22.